The van der Waals surface area contributed by atoms with Gasteiger partial charge in [-0.1, -0.05) is 55.5 Å². The summed E-state index contributed by atoms with van der Waals surface area (Å²) in [6.45, 7) is 16.0. The van der Waals surface area contributed by atoms with E-state index in [1.807, 2.05) is 79.7 Å². The van der Waals surface area contributed by atoms with E-state index in [0.29, 0.717) is 5.75 Å². The van der Waals surface area contributed by atoms with Crippen molar-refractivity contribution in [2.24, 2.45) is 0 Å². The van der Waals surface area contributed by atoms with Crippen LogP contribution >= 0.6 is 0 Å². The van der Waals surface area contributed by atoms with Crippen molar-refractivity contribution in [3.8, 4) is 23.0 Å². The highest BCUT2D eigenvalue weighted by molar-refractivity contribution is 5.57. The summed E-state index contributed by atoms with van der Waals surface area (Å²) in [5.41, 5.74) is 14.0. The second-order valence-electron chi connectivity index (χ2n) is 12.7. The topological polar surface area (TPSA) is 80.9 Å². The number of phenolic OH excluding ortho intramolecular Hbond substituents is 4. The first-order valence-electron chi connectivity index (χ1n) is 15.6. The number of hydrogen-bond acceptors (Lipinski definition) is 4. The zero-order valence-electron chi connectivity index (χ0n) is 27.6. The average Bonchev–Trinajstić information content (AvgIpc) is 2.98. The molecule has 0 radical (unpaired) electrons. The molecule has 0 bridgehead atoms. The van der Waals surface area contributed by atoms with Crippen LogP contribution in [-0.2, 0) is 6.42 Å². The first kappa shape index (κ1) is 31.7. The third-order valence-electron chi connectivity index (χ3n) is 9.45. The largest absolute Gasteiger partial charge is 0.508 e. The summed E-state index contributed by atoms with van der Waals surface area (Å²) < 4.78 is 0. The summed E-state index contributed by atoms with van der Waals surface area (Å²) in [6, 6.07) is 24.5. The summed E-state index contributed by atoms with van der Waals surface area (Å²) in [6.07, 6.45) is 0.719. The van der Waals surface area contributed by atoms with Crippen molar-refractivity contribution in [2.75, 3.05) is 0 Å². The van der Waals surface area contributed by atoms with E-state index in [4.69, 9.17) is 0 Å². The number of rotatable bonds is 7. The van der Waals surface area contributed by atoms with Crippen molar-refractivity contribution in [1.29, 1.82) is 0 Å². The number of hydrogen-bond donors (Lipinski definition) is 4. The maximum Gasteiger partial charge on any atom is 0.119 e. The van der Waals surface area contributed by atoms with E-state index in [1.165, 1.54) is 0 Å². The number of aryl methyl sites for hydroxylation is 8. The van der Waals surface area contributed by atoms with Crippen LogP contribution in [0.4, 0.5) is 0 Å². The van der Waals surface area contributed by atoms with Gasteiger partial charge in [0.15, 0.2) is 0 Å². The minimum atomic E-state index is -0.115. The lowest BCUT2D eigenvalue weighted by atomic mass is 9.77. The molecular formula is C41H44O4. The molecule has 45 heavy (non-hydrogen) atoms. The van der Waals surface area contributed by atoms with Crippen LogP contribution in [0.25, 0.3) is 0 Å². The highest BCUT2D eigenvalue weighted by atomic mass is 16.3. The third-order valence-corrected chi connectivity index (χ3v) is 9.45. The Bertz CT molecular complexity index is 1840. The van der Waals surface area contributed by atoms with Gasteiger partial charge in [-0.2, -0.15) is 0 Å². The molecule has 4 nitrogen and oxygen atoms in total. The molecule has 0 amide bonds. The van der Waals surface area contributed by atoms with Crippen LogP contribution in [0.5, 0.6) is 23.0 Å². The Morgan fingerprint density at radius 2 is 0.689 bits per heavy atom. The second-order valence-corrected chi connectivity index (χ2v) is 12.7. The van der Waals surface area contributed by atoms with Crippen molar-refractivity contribution in [2.45, 2.75) is 73.6 Å². The Hall–Kier alpha value is -4.70. The molecular weight excluding hydrogens is 556 g/mol. The monoisotopic (exact) mass is 600 g/mol. The van der Waals surface area contributed by atoms with Gasteiger partial charge in [0.05, 0.1) is 0 Å². The lowest BCUT2D eigenvalue weighted by molar-refractivity contribution is 0.467. The molecule has 4 heteroatoms. The van der Waals surface area contributed by atoms with E-state index < -0.39 is 0 Å². The Morgan fingerprint density at radius 1 is 0.400 bits per heavy atom. The van der Waals surface area contributed by atoms with E-state index in [2.05, 4.69) is 48.5 Å². The zero-order chi connectivity index (χ0) is 32.7. The first-order chi connectivity index (χ1) is 21.3. The second kappa shape index (κ2) is 12.4. The third kappa shape index (κ3) is 6.02. The van der Waals surface area contributed by atoms with Crippen LogP contribution in [0.15, 0.2) is 72.8 Å². The van der Waals surface area contributed by atoms with Crippen LogP contribution in [0.1, 0.15) is 96.6 Å². The van der Waals surface area contributed by atoms with Gasteiger partial charge in [-0.15, -0.1) is 0 Å². The molecule has 4 N–H and O–H groups in total. The molecule has 0 saturated carbocycles. The Kier molecular flexibility index (Phi) is 8.71. The predicted molar refractivity (Wildman–Crippen MR) is 183 cm³/mol. The average molecular weight is 601 g/mol. The molecule has 5 aromatic carbocycles. The van der Waals surface area contributed by atoms with Crippen molar-refractivity contribution < 1.29 is 20.4 Å². The molecule has 1 atom stereocenters. The fourth-order valence-electron chi connectivity index (χ4n) is 6.69. The summed E-state index contributed by atoms with van der Waals surface area (Å²) in [5, 5.41) is 42.1. The summed E-state index contributed by atoms with van der Waals surface area (Å²) in [5.74, 6) is 0.926. The van der Waals surface area contributed by atoms with Crippen molar-refractivity contribution >= 4 is 0 Å². The number of benzene rings is 5. The summed E-state index contributed by atoms with van der Waals surface area (Å²) in [7, 11) is 0. The predicted octanol–water partition coefficient (Wildman–Crippen LogP) is 9.59. The highest BCUT2D eigenvalue weighted by Gasteiger charge is 2.26. The fraction of sp³-hybridized carbons (Fsp3) is 0.268. The van der Waals surface area contributed by atoms with Crippen LogP contribution in [-0.4, -0.2) is 20.4 Å². The van der Waals surface area contributed by atoms with Crippen LogP contribution in [0, 0.1) is 48.5 Å². The maximum absolute atomic E-state index is 10.6. The lowest BCUT2D eigenvalue weighted by Gasteiger charge is -2.27. The van der Waals surface area contributed by atoms with Crippen LogP contribution < -0.4 is 0 Å². The molecule has 0 saturated heterocycles. The van der Waals surface area contributed by atoms with Gasteiger partial charge in [-0.05, 0) is 157 Å². The Morgan fingerprint density at radius 3 is 1.00 bits per heavy atom. The van der Waals surface area contributed by atoms with E-state index in [-0.39, 0.29) is 29.1 Å². The first-order valence-corrected chi connectivity index (χ1v) is 15.6. The molecule has 0 spiro atoms. The van der Waals surface area contributed by atoms with E-state index >= 15 is 0 Å². The van der Waals surface area contributed by atoms with Crippen LogP contribution in [0.2, 0.25) is 0 Å². The zero-order valence-corrected chi connectivity index (χ0v) is 27.6. The SMILES string of the molecule is CCc1cc(C(c2ccc(C(c3cc(C)c(O)cc3C)c3cc(C)c(O)cc3C)cc2)c2cc(C)c(O)cc2C)c(C)cc1O. The lowest BCUT2D eigenvalue weighted by Crippen LogP contribution is -2.11. The minimum absolute atomic E-state index is 0.113. The van der Waals surface area contributed by atoms with Crippen molar-refractivity contribution in [1.82, 2.24) is 0 Å². The van der Waals surface area contributed by atoms with Gasteiger partial charge in [0, 0.05) is 11.8 Å². The quantitative estimate of drug-likeness (QED) is 0.140. The Balaban J connectivity index is 1.73. The highest BCUT2D eigenvalue weighted by Crippen LogP contribution is 2.43. The molecule has 0 aromatic heterocycles. The van der Waals surface area contributed by atoms with Gasteiger partial charge in [0.25, 0.3) is 0 Å². The van der Waals surface area contributed by atoms with Crippen LogP contribution in [0.3, 0.4) is 0 Å². The molecule has 232 valence electrons. The Labute approximate surface area is 267 Å². The smallest absolute Gasteiger partial charge is 0.119 e. The van der Waals surface area contributed by atoms with Crippen molar-refractivity contribution in [3.05, 3.63) is 151 Å². The number of phenols is 4. The van der Waals surface area contributed by atoms with Gasteiger partial charge in [-0.25, -0.2) is 0 Å². The molecule has 0 aliphatic rings. The molecule has 5 rings (SSSR count). The summed E-state index contributed by atoms with van der Waals surface area (Å²) >= 11 is 0. The minimum Gasteiger partial charge on any atom is -0.508 e. The molecule has 1 unspecified atom stereocenters. The van der Waals surface area contributed by atoms with Gasteiger partial charge < -0.3 is 20.4 Å². The molecule has 0 aliphatic carbocycles. The molecule has 0 aliphatic heterocycles. The van der Waals surface area contributed by atoms with Gasteiger partial charge in [0.2, 0.25) is 0 Å². The fourth-order valence-corrected chi connectivity index (χ4v) is 6.69. The van der Waals surface area contributed by atoms with Gasteiger partial charge in [-0.3, -0.25) is 0 Å². The van der Waals surface area contributed by atoms with Crippen molar-refractivity contribution in [3.63, 3.8) is 0 Å². The molecule has 5 aromatic rings. The van der Waals surface area contributed by atoms with E-state index in [9.17, 15) is 20.4 Å². The molecule has 0 heterocycles. The van der Waals surface area contributed by atoms with E-state index in [1.54, 1.807) is 0 Å². The van der Waals surface area contributed by atoms with Gasteiger partial charge in [0.1, 0.15) is 23.0 Å². The maximum atomic E-state index is 10.6. The normalized spacial score (nSPS) is 12.1. The number of aromatic hydroxyl groups is 4. The van der Waals surface area contributed by atoms with E-state index in [0.717, 1.165) is 84.3 Å². The molecule has 0 fully saturated rings. The summed E-state index contributed by atoms with van der Waals surface area (Å²) in [4.78, 5) is 0. The van der Waals surface area contributed by atoms with Gasteiger partial charge >= 0.3 is 0 Å². The standard InChI is InChI=1S/C41H44O4/c1-9-29-21-35(25(5)20-39(29)45)41(34-16-28(8)38(44)19-24(34)4)31-12-10-30(11-13-31)40(32-14-26(6)36(42)17-22(32)2)33-15-27(7)37(43)18-23(33)3/h10-21,40-45H,9H2,1-8H3.